The van der Waals surface area contributed by atoms with Crippen LogP contribution in [0.1, 0.15) is 19.3 Å². The molecule has 1 heterocycles. The van der Waals surface area contributed by atoms with E-state index in [9.17, 15) is 9.59 Å². The van der Waals surface area contributed by atoms with Crippen LogP contribution in [0, 0.1) is 5.92 Å². The van der Waals surface area contributed by atoms with Gasteiger partial charge in [0.05, 0.1) is 0 Å². The summed E-state index contributed by atoms with van der Waals surface area (Å²) in [6, 6.07) is 0. The fourth-order valence-electron chi connectivity index (χ4n) is 1.70. The Bertz CT molecular complexity index is 213. The van der Waals surface area contributed by atoms with E-state index in [0.717, 1.165) is 32.2 Å². The molecule has 1 atom stereocenters. The Labute approximate surface area is 78.4 Å². The maximum absolute atomic E-state index is 11.2. The van der Waals surface area contributed by atoms with Gasteiger partial charge in [0, 0.05) is 19.5 Å². The monoisotopic (exact) mass is 181 g/mol. The molecule has 0 bridgehead atoms. The third-order valence-corrected chi connectivity index (χ3v) is 2.46. The molecule has 0 spiro atoms. The minimum absolute atomic E-state index is 0.00797. The number of hydrogen-bond acceptors (Lipinski definition) is 2. The highest BCUT2D eigenvalue weighted by Gasteiger charge is 2.23. The normalized spacial score (nSPS) is 21.5. The number of aldehydes is 1. The highest BCUT2D eigenvalue weighted by Crippen LogP contribution is 2.20. The second-order valence-corrected chi connectivity index (χ2v) is 3.39. The van der Waals surface area contributed by atoms with Crippen molar-refractivity contribution in [3.63, 3.8) is 0 Å². The minimum atomic E-state index is 0.00797. The molecule has 0 aromatic carbocycles. The van der Waals surface area contributed by atoms with Crippen molar-refractivity contribution >= 4 is 12.2 Å². The smallest absolute Gasteiger partial charge is 0.245 e. The summed E-state index contributed by atoms with van der Waals surface area (Å²) in [5.74, 6) is 0.516. The predicted molar refractivity (Wildman–Crippen MR) is 50.2 cm³/mol. The number of carbonyl (C=O) groups is 2. The van der Waals surface area contributed by atoms with Crippen LogP contribution in [0.2, 0.25) is 0 Å². The third-order valence-electron chi connectivity index (χ3n) is 2.46. The quantitative estimate of drug-likeness (QED) is 0.479. The summed E-state index contributed by atoms with van der Waals surface area (Å²) in [6.07, 6.45) is 4.83. The summed E-state index contributed by atoms with van der Waals surface area (Å²) in [6.45, 7) is 5.05. The average molecular weight is 181 g/mol. The molecular weight excluding hydrogens is 166 g/mol. The lowest BCUT2D eigenvalue weighted by molar-refractivity contribution is -0.125. The van der Waals surface area contributed by atoms with E-state index < -0.39 is 0 Å². The van der Waals surface area contributed by atoms with Crippen molar-refractivity contribution in [2.24, 2.45) is 5.92 Å². The van der Waals surface area contributed by atoms with E-state index in [0.29, 0.717) is 12.3 Å². The summed E-state index contributed by atoms with van der Waals surface area (Å²) in [7, 11) is 0. The SMILES string of the molecule is C=CC(=O)N1CCC(CCC=O)C1. The van der Waals surface area contributed by atoms with Gasteiger partial charge in [-0.1, -0.05) is 6.58 Å². The summed E-state index contributed by atoms with van der Waals surface area (Å²) < 4.78 is 0. The molecule has 13 heavy (non-hydrogen) atoms. The van der Waals surface area contributed by atoms with E-state index in [2.05, 4.69) is 6.58 Å². The van der Waals surface area contributed by atoms with Crippen LogP contribution in [0.25, 0.3) is 0 Å². The molecule has 1 aliphatic rings. The first kappa shape index (κ1) is 9.96. The van der Waals surface area contributed by atoms with E-state index in [-0.39, 0.29) is 5.91 Å². The van der Waals surface area contributed by atoms with Gasteiger partial charge in [-0.3, -0.25) is 4.79 Å². The molecule has 1 aliphatic heterocycles. The van der Waals surface area contributed by atoms with Gasteiger partial charge in [-0.15, -0.1) is 0 Å². The zero-order chi connectivity index (χ0) is 9.68. The Kier molecular flexibility index (Phi) is 3.68. The molecule has 3 nitrogen and oxygen atoms in total. The topological polar surface area (TPSA) is 37.4 Å². The van der Waals surface area contributed by atoms with Gasteiger partial charge in [-0.2, -0.15) is 0 Å². The van der Waals surface area contributed by atoms with Crippen LogP contribution in [-0.2, 0) is 9.59 Å². The van der Waals surface area contributed by atoms with Crippen LogP contribution in [0.15, 0.2) is 12.7 Å². The van der Waals surface area contributed by atoms with Gasteiger partial charge >= 0.3 is 0 Å². The molecule has 1 unspecified atom stereocenters. The van der Waals surface area contributed by atoms with E-state index in [1.54, 1.807) is 4.90 Å². The molecule has 0 radical (unpaired) electrons. The Balaban J connectivity index is 2.31. The van der Waals surface area contributed by atoms with E-state index >= 15 is 0 Å². The number of rotatable bonds is 4. The minimum Gasteiger partial charge on any atom is -0.339 e. The van der Waals surface area contributed by atoms with E-state index in [1.807, 2.05) is 0 Å². The van der Waals surface area contributed by atoms with Crippen LogP contribution in [-0.4, -0.2) is 30.2 Å². The Morgan fingerprint density at radius 3 is 3.00 bits per heavy atom. The van der Waals surface area contributed by atoms with Gasteiger partial charge in [0.25, 0.3) is 0 Å². The zero-order valence-electron chi connectivity index (χ0n) is 7.74. The standard InChI is InChI=1S/C10H15NO2/c1-2-10(13)11-6-5-9(8-11)4-3-7-12/h2,7,9H,1,3-6,8H2. The first-order chi connectivity index (χ1) is 6.27. The van der Waals surface area contributed by atoms with Crippen LogP contribution < -0.4 is 0 Å². The van der Waals surface area contributed by atoms with E-state index in [4.69, 9.17) is 0 Å². The fraction of sp³-hybridized carbons (Fsp3) is 0.600. The molecule has 0 saturated carbocycles. The maximum Gasteiger partial charge on any atom is 0.245 e. The van der Waals surface area contributed by atoms with Crippen LogP contribution in [0.4, 0.5) is 0 Å². The molecule has 1 rings (SSSR count). The maximum atomic E-state index is 11.2. The predicted octanol–water partition coefficient (Wildman–Crippen LogP) is 1.00. The summed E-state index contributed by atoms with van der Waals surface area (Å²) in [5.41, 5.74) is 0. The van der Waals surface area contributed by atoms with Crippen molar-refractivity contribution in [2.45, 2.75) is 19.3 Å². The van der Waals surface area contributed by atoms with Crippen LogP contribution in [0.5, 0.6) is 0 Å². The lowest BCUT2D eigenvalue weighted by Crippen LogP contribution is -2.26. The Morgan fingerprint density at radius 1 is 1.62 bits per heavy atom. The molecule has 0 N–H and O–H groups in total. The number of likely N-dealkylation sites (tertiary alicyclic amines) is 1. The molecule has 1 amide bonds. The number of carbonyl (C=O) groups excluding carboxylic acids is 2. The Morgan fingerprint density at radius 2 is 2.38 bits per heavy atom. The van der Waals surface area contributed by atoms with Crippen molar-refractivity contribution < 1.29 is 9.59 Å². The molecular formula is C10H15NO2. The average Bonchev–Trinajstić information content (AvgIpc) is 2.62. The van der Waals surface area contributed by atoms with Gasteiger partial charge in [0.1, 0.15) is 6.29 Å². The molecule has 1 saturated heterocycles. The molecule has 0 aliphatic carbocycles. The molecule has 0 aromatic rings. The molecule has 1 fully saturated rings. The first-order valence-electron chi connectivity index (χ1n) is 4.63. The van der Waals surface area contributed by atoms with Crippen molar-refractivity contribution in [3.05, 3.63) is 12.7 Å². The third kappa shape index (κ3) is 2.68. The summed E-state index contributed by atoms with van der Waals surface area (Å²) in [4.78, 5) is 23.1. The molecule has 3 heteroatoms. The highest BCUT2D eigenvalue weighted by atomic mass is 16.2. The van der Waals surface area contributed by atoms with Crippen molar-refractivity contribution in [2.75, 3.05) is 13.1 Å². The Hall–Kier alpha value is -1.12. The van der Waals surface area contributed by atoms with Crippen molar-refractivity contribution in [1.29, 1.82) is 0 Å². The fourth-order valence-corrected chi connectivity index (χ4v) is 1.70. The largest absolute Gasteiger partial charge is 0.339 e. The molecule has 0 aromatic heterocycles. The first-order valence-corrected chi connectivity index (χ1v) is 4.63. The van der Waals surface area contributed by atoms with Gasteiger partial charge in [0.2, 0.25) is 5.91 Å². The molecule has 72 valence electrons. The second kappa shape index (κ2) is 4.80. The van der Waals surface area contributed by atoms with Crippen LogP contribution >= 0.6 is 0 Å². The number of nitrogens with zero attached hydrogens (tertiary/aromatic N) is 1. The highest BCUT2D eigenvalue weighted by molar-refractivity contribution is 5.87. The van der Waals surface area contributed by atoms with Gasteiger partial charge < -0.3 is 9.69 Å². The lowest BCUT2D eigenvalue weighted by atomic mass is 10.0. The van der Waals surface area contributed by atoms with Crippen LogP contribution in [0.3, 0.4) is 0 Å². The van der Waals surface area contributed by atoms with Gasteiger partial charge in [-0.25, -0.2) is 0 Å². The number of amides is 1. The van der Waals surface area contributed by atoms with Gasteiger partial charge in [0.15, 0.2) is 0 Å². The summed E-state index contributed by atoms with van der Waals surface area (Å²) >= 11 is 0. The van der Waals surface area contributed by atoms with Crippen molar-refractivity contribution in [3.8, 4) is 0 Å². The van der Waals surface area contributed by atoms with Crippen molar-refractivity contribution in [1.82, 2.24) is 4.90 Å². The lowest BCUT2D eigenvalue weighted by Gasteiger charge is -2.13. The zero-order valence-corrected chi connectivity index (χ0v) is 7.74. The van der Waals surface area contributed by atoms with Gasteiger partial charge in [-0.05, 0) is 24.8 Å². The summed E-state index contributed by atoms with van der Waals surface area (Å²) in [5, 5.41) is 0. The van der Waals surface area contributed by atoms with E-state index in [1.165, 1.54) is 6.08 Å². The number of hydrogen-bond donors (Lipinski definition) is 0. The second-order valence-electron chi connectivity index (χ2n) is 3.39.